The summed E-state index contributed by atoms with van der Waals surface area (Å²) in [5.41, 5.74) is 1.92. The van der Waals surface area contributed by atoms with E-state index in [9.17, 15) is 4.79 Å². The summed E-state index contributed by atoms with van der Waals surface area (Å²) in [5.74, 6) is -0.235. The Labute approximate surface area is 169 Å². The highest BCUT2D eigenvalue weighted by atomic mass is 127. The number of para-hydroxylation sites is 1. The van der Waals surface area contributed by atoms with E-state index >= 15 is 0 Å². The molecule has 0 aliphatic carbocycles. The van der Waals surface area contributed by atoms with Crippen LogP contribution in [0.25, 0.3) is 10.9 Å². The molecule has 1 aromatic heterocycles. The van der Waals surface area contributed by atoms with Crippen molar-refractivity contribution in [3.63, 3.8) is 0 Å². The fourth-order valence-electron chi connectivity index (χ4n) is 2.65. The van der Waals surface area contributed by atoms with Crippen LogP contribution in [0, 0.1) is 15.9 Å². The zero-order chi connectivity index (χ0) is 19.7. The number of carbonyl (C=O) groups excluding carboxylic acids is 1. The largest absolute Gasteiger partial charge is 0.462 e. The summed E-state index contributed by atoms with van der Waals surface area (Å²) in [5, 5.41) is 1.08. The second-order valence-electron chi connectivity index (χ2n) is 8.51. The van der Waals surface area contributed by atoms with E-state index in [2.05, 4.69) is 28.7 Å². The van der Waals surface area contributed by atoms with Gasteiger partial charge in [-0.15, -0.1) is 0 Å². The fourth-order valence-corrected chi connectivity index (χ4v) is 3.84. The maximum Gasteiger partial charge on any atom is 0.311 e. The number of nitrogens with zero attached hydrogens (tertiary/aromatic N) is 1. The molecule has 0 saturated carbocycles. The Morgan fingerprint density at radius 3 is 2.35 bits per heavy atom. The van der Waals surface area contributed by atoms with Crippen molar-refractivity contribution in [3.8, 4) is 0 Å². The van der Waals surface area contributed by atoms with Gasteiger partial charge in [0, 0.05) is 20.2 Å². The average molecular weight is 469 g/mol. The van der Waals surface area contributed by atoms with Crippen molar-refractivity contribution < 1.29 is 14.3 Å². The number of pyridine rings is 1. The topological polar surface area (TPSA) is 48.4 Å². The average Bonchev–Trinajstić information content (AvgIpc) is 2.49. The normalized spacial score (nSPS) is 13.7. The van der Waals surface area contributed by atoms with Crippen molar-refractivity contribution >= 4 is 39.5 Å². The first-order valence-electron chi connectivity index (χ1n) is 8.80. The third kappa shape index (κ3) is 5.16. The number of carbonyl (C=O) groups is 1. The van der Waals surface area contributed by atoms with Crippen LogP contribution in [-0.4, -0.2) is 23.2 Å². The summed E-state index contributed by atoms with van der Waals surface area (Å²) in [6.07, 6.45) is -0.370. The van der Waals surface area contributed by atoms with Gasteiger partial charge in [0.2, 0.25) is 0 Å². The Hall–Kier alpha value is -1.21. The van der Waals surface area contributed by atoms with Crippen molar-refractivity contribution in [2.24, 2.45) is 5.41 Å². The first-order chi connectivity index (χ1) is 11.9. The fraction of sp³-hybridized carbons (Fsp3) is 0.524. The number of halogens is 1. The lowest BCUT2D eigenvalue weighted by molar-refractivity contribution is -0.162. The number of hydrogen-bond acceptors (Lipinski definition) is 4. The summed E-state index contributed by atoms with van der Waals surface area (Å²) in [6, 6.07) is 8.05. The van der Waals surface area contributed by atoms with E-state index in [1.165, 1.54) is 0 Å². The summed E-state index contributed by atoms with van der Waals surface area (Å²) < 4.78 is 13.0. The van der Waals surface area contributed by atoms with Crippen molar-refractivity contribution in [1.82, 2.24) is 4.98 Å². The number of esters is 1. The van der Waals surface area contributed by atoms with Gasteiger partial charge in [-0.3, -0.25) is 9.78 Å². The summed E-state index contributed by atoms with van der Waals surface area (Å²) in [6.45, 7) is 13.7. The van der Waals surface area contributed by atoms with Crippen LogP contribution in [0.5, 0.6) is 0 Å². The van der Waals surface area contributed by atoms with Crippen molar-refractivity contribution in [1.29, 1.82) is 0 Å². The second-order valence-corrected chi connectivity index (χ2v) is 9.59. The predicted octanol–water partition coefficient (Wildman–Crippen LogP) is 5.59. The number of aromatic nitrogens is 1. The smallest absolute Gasteiger partial charge is 0.311 e. The molecule has 142 valence electrons. The molecule has 2 rings (SSSR count). The molecule has 0 aliphatic rings. The molecule has 5 heteroatoms. The number of fused-ring (bicyclic) bond motifs is 1. The number of aryl methyl sites for hydroxylation is 1. The van der Waals surface area contributed by atoms with Gasteiger partial charge in [-0.25, -0.2) is 0 Å². The highest BCUT2D eigenvalue weighted by Crippen LogP contribution is 2.34. The predicted molar refractivity (Wildman–Crippen MR) is 113 cm³/mol. The molecule has 0 aliphatic heterocycles. The van der Waals surface area contributed by atoms with E-state index in [0.29, 0.717) is 0 Å². The first-order valence-corrected chi connectivity index (χ1v) is 9.88. The molecule has 1 aromatic carbocycles. The van der Waals surface area contributed by atoms with Crippen LogP contribution in [0.4, 0.5) is 0 Å². The monoisotopic (exact) mass is 469 g/mol. The van der Waals surface area contributed by atoms with Crippen LogP contribution in [0.15, 0.2) is 24.3 Å². The molecular weight excluding hydrogens is 441 g/mol. The van der Waals surface area contributed by atoms with E-state index < -0.39 is 5.41 Å². The maximum atomic E-state index is 12.3. The third-order valence-electron chi connectivity index (χ3n) is 3.85. The molecule has 26 heavy (non-hydrogen) atoms. The minimum atomic E-state index is -0.546. The van der Waals surface area contributed by atoms with Gasteiger partial charge < -0.3 is 9.47 Å². The number of hydrogen-bond donors (Lipinski definition) is 0. The SMILES string of the molecule is Cc1nc2ccccc2c(I)c1[C@@H](COC(=O)C(C)(C)C)OC(C)(C)C. The highest BCUT2D eigenvalue weighted by molar-refractivity contribution is 14.1. The van der Waals surface area contributed by atoms with Gasteiger partial charge in [0.15, 0.2) is 0 Å². The Balaban J connectivity index is 2.45. The van der Waals surface area contributed by atoms with Crippen LogP contribution in [0.2, 0.25) is 0 Å². The van der Waals surface area contributed by atoms with Crippen LogP contribution in [0.3, 0.4) is 0 Å². The van der Waals surface area contributed by atoms with Gasteiger partial charge >= 0.3 is 5.97 Å². The van der Waals surface area contributed by atoms with Crippen LogP contribution in [-0.2, 0) is 14.3 Å². The molecule has 0 spiro atoms. The van der Waals surface area contributed by atoms with Crippen molar-refractivity contribution in [3.05, 3.63) is 39.1 Å². The van der Waals surface area contributed by atoms with Crippen LogP contribution < -0.4 is 0 Å². The minimum absolute atomic E-state index is 0.171. The molecule has 0 saturated heterocycles. The molecule has 1 atom stereocenters. The standard InChI is InChI=1S/C21H28INO3/c1-13-17(18(22)14-10-8-9-11-15(14)23-13)16(26-21(5,6)7)12-25-19(24)20(2,3)4/h8-11,16H,12H2,1-7H3/t16-/m1/s1. The van der Waals surface area contributed by atoms with Gasteiger partial charge in [-0.1, -0.05) is 18.2 Å². The highest BCUT2D eigenvalue weighted by Gasteiger charge is 2.29. The van der Waals surface area contributed by atoms with Crippen molar-refractivity contribution in [2.75, 3.05) is 6.61 Å². The summed E-state index contributed by atoms with van der Waals surface area (Å²) >= 11 is 2.34. The zero-order valence-corrected chi connectivity index (χ0v) is 18.8. The van der Waals surface area contributed by atoms with E-state index in [-0.39, 0.29) is 24.3 Å². The molecule has 0 bridgehead atoms. The molecule has 0 unspecified atom stereocenters. The molecule has 0 N–H and O–H groups in total. The van der Waals surface area contributed by atoms with Gasteiger partial charge in [0.05, 0.1) is 16.5 Å². The Bertz CT molecular complexity index is 803. The molecule has 0 amide bonds. The molecule has 0 fully saturated rings. The number of ether oxygens (including phenoxy) is 2. The maximum absolute atomic E-state index is 12.3. The summed E-state index contributed by atoms with van der Waals surface area (Å²) in [7, 11) is 0. The van der Waals surface area contributed by atoms with Gasteiger partial charge in [0.1, 0.15) is 12.7 Å². The Kier molecular flexibility index (Phi) is 6.33. The van der Waals surface area contributed by atoms with Gasteiger partial charge in [-0.2, -0.15) is 0 Å². The number of rotatable bonds is 4. The molecular formula is C21H28INO3. The molecule has 0 radical (unpaired) electrons. The first kappa shape index (κ1) is 21.1. The van der Waals surface area contributed by atoms with Gasteiger partial charge in [-0.05, 0) is 77.1 Å². The third-order valence-corrected chi connectivity index (χ3v) is 5.01. The van der Waals surface area contributed by atoms with Crippen LogP contribution in [0.1, 0.15) is 58.9 Å². The van der Waals surface area contributed by atoms with E-state index in [4.69, 9.17) is 14.5 Å². The quantitative estimate of drug-likeness (QED) is 0.433. The lowest BCUT2D eigenvalue weighted by Gasteiger charge is -2.30. The molecule has 4 nitrogen and oxygen atoms in total. The summed E-state index contributed by atoms with van der Waals surface area (Å²) in [4.78, 5) is 17.0. The lowest BCUT2D eigenvalue weighted by atomic mass is 9.97. The number of benzene rings is 1. The Morgan fingerprint density at radius 2 is 1.77 bits per heavy atom. The molecule has 1 heterocycles. The van der Waals surface area contributed by atoms with E-state index in [1.54, 1.807) is 0 Å². The Morgan fingerprint density at radius 1 is 1.15 bits per heavy atom. The second kappa shape index (κ2) is 7.80. The minimum Gasteiger partial charge on any atom is -0.462 e. The van der Waals surface area contributed by atoms with E-state index in [1.807, 2.05) is 66.7 Å². The van der Waals surface area contributed by atoms with Gasteiger partial charge in [0.25, 0.3) is 0 Å². The zero-order valence-electron chi connectivity index (χ0n) is 16.6. The van der Waals surface area contributed by atoms with E-state index in [0.717, 1.165) is 25.7 Å². The van der Waals surface area contributed by atoms with Crippen LogP contribution >= 0.6 is 22.6 Å². The van der Waals surface area contributed by atoms with Crippen molar-refractivity contribution in [2.45, 2.75) is 60.2 Å². The lowest BCUT2D eigenvalue weighted by Crippen LogP contribution is -2.30. The molecule has 2 aromatic rings.